The van der Waals surface area contributed by atoms with Gasteiger partial charge in [0.2, 0.25) is 0 Å². The van der Waals surface area contributed by atoms with Crippen molar-refractivity contribution in [3.05, 3.63) is 24.0 Å². The van der Waals surface area contributed by atoms with E-state index in [4.69, 9.17) is 5.73 Å². The standard InChI is InChI=1S/C8H9F2NS/c9-1-2-12-8-4-6(10)3-7(11)5-8/h3-5H,1-2,11H2. The van der Waals surface area contributed by atoms with Gasteiger partial charge in [-0.2, -0.15) is 0 Å². The van der Waals surface area contributed by atoms with Gasteiger partial charge < -0.3 is 5.73 Å². The van der Waals surface area contributed by atoms with Crippen LogP contribution in [-0.2, 0) is 0 Å². The largest absolute Gasteiger partial charge is 0.399 e. The summed E-state index contributed by atoms with van der Waals surface area (Å²) in [5, 5.41) is 0. The van der Waals surface area contributed by atoms with Crippen LogP contribution in [-0.4, -0.2) is 12.4 Å². The zero-order chi connectivity index (χ0) is 8.97. The summed E-state index contributed by atoms with van der Waals surface area (Å²) in [6, 6.07) is 4.21. The molecule has 0 saturated heterocycles. The minimum Gasteiger partial charge on any atom is -0.399 e. The highest BCUT2D eigenvalue weighted by Crippen LogP contribution is 2.21. The Bertz CT molecular complexity index is 245. The molecule has 0 fully saturated rings. The molecule has 1 rings (SSSR count). The van der Waals surface area contributed by atoms with Crippen LogP contribution < -0.4 is 5.73 Å². The van der Waals surface area contributed by atoms with Crippen molar-refractivity contribution >= 4 is 17.4 Å². The second-order valence-electron chi connectivity index (χ2n) is 2.26. The fourth-order valence-corrected chi connectivity index (χ4v) is 1.55. The minimum atomic E-state index is -0.416. The number of alkyl halides is 1. The summed E-state index contributed by atoms with van der Waals surface area (Å²) in [5.74, 6) is -0.0422. The Kier molecular flexibility index (Phi) is 3.34. The molecule has 0 atom stereocenters. The zero-order valence-corrected chi connectivity index (χ0v) is 7.20. The van der Waals surface area contributed by atoms with Gasteiger partial charge in [0.15, 0.2) is 0 Å². The normalized spacial score (nSPS) is 10.2. The maximum atomic E-state index is 12.7. The number of thioether (sulfide) groups is 1. The Labute approximate surface area is 74.0 Å². The topological polar surface area (TPSA) is 26.0 Å². The van der Waals surface area contributed by atoms with Gasteiger partial charge in [-0.05, 0) is 18.2 Å². The van der Waals surface area contributed by atoms with Crippen LogP contribution in [0.15, 0.2) is 23.1 Å². The monoisotopic (exact) mass is 189 g/mol. The average molecular weight is 189 g/mol. The van der Waals surface area contributed by atoms with Gasteiger partial charge in [-0.15, -0.1) is 11.8 Å². The van der Waals surface area contributed by atoms with Crippen molar-refractivity contribution in [2.75, 3.05) is 18.2 Å². The summed E-state index contributed by atoms with van der Waals surface area (Å²) < 4.78 is 24.4. The molecule has 0 spiro atoms. The first-order chi connectivity index (χ1) is 5.72. The van der Waals surface area contributed by atoms with E-state index in [1.54, 1.807) is 6.07 Å². The SMILES string of the molecule is Nc1cc(F)cc(SCCF)c1. The van der Waals surface area contributed by atoms with Crippen LogP contribution in [0.4, 0.5) is 14.5 Å². The highest BCUT2D eigenvalue weighted by molar-refractivity contribution is 7.99. The molecule has 0 aromatic heterocycles. The lowest BCUT2D eigenvalue weighted by Crippen LogP contribution is -1.88. The minimum absolute atomic E-state index is 0.336. The first kappa shape index (κ1) is 9.32. The van der Waals surface area contributed by atoms with Gasteiger partial charge in [0.1, 0.15) is 5.82 Å². The number of hydrogen-bond donors (Lipinski definition) is 1. The molecule has 4 heteroatoms. The third kappa shape index (κ3) is 2.70. The van der Waals surface area contributed by atoms with E-state index in [0.29, 0.717) is 16.3 Å². The zero-order valence-electron chi connectivity index (χ0n) is 6.39. The summed E-state index contributed by atoms with van der Waals surface area (Å²) in [4.78, 5) is 0.671. The van der Waals surface area contributed by atoms with E-state index in [1.165, 1.54) is 23.9 Å². The van der Waals surface area contributed by atoms with Crippen molar-refractivity contribution in [1.82, 2.24) is 0 Å². The van der Waals surface area contributed by atoms with Crippen molar-refractivity contribution in [3.8, 4) is 0 Å². The molecule has 0 amide bonds. The molecular formula is C8H9F2NS. The summed E-state index contributed by atoms with van der Waals surface area (Å²) in [7, 11) is 0. The quantitative estimate of drug-likeness (QED) is 0.584. The Morgan fingerprint density at radius 3 is 2.67 bits per heavy atom. The molecule has 0 heterocycles. The lowest BCUT2D eigenvalue weighted by molar-refractivity contribution is 0.532. The second-order valence-corrected chi connectivity index (χ2v) is 3.43. The van der Waals surface area contributed by atoms with Crippen LogP contribution in [0, 0.1) is 5.82 Å². The molecule has 0 aliphatic carbocycles. The van der Waals surface area contributed by atoms with Crippen LogP contribution in [0.5, 0.6) is 0 Å². The first-order valence-electron chi connectivity index (χ1n) is 3.47. The van der Waals surface area contributed by atoms with E-state index < -0.39 is 6.67 Å². The third-order valence-corrected chi connectivity index (χ3v) is 2.17. The first-order valence-corrected chi connectivity index (χ1v) is 4.46. The molecule has 0 aliphatic heterocycles. The predicted molar refractivity (Wildman–Crippen MR) is 47.5 cm³/mol. The summed E-state index contributed by atoms with van der Waals surface area (Å²) in [5.41, 5.74) is 5.76. The number of nitrogens with two attached hydrogens (primary N) is 1. The molecule has 1 aromatic carbocycles. The van der Waals surface area contributed by atoms with Crippen molar-refractivity contribution in [1.29, 1.82) is 0 Å². The number of benzene rings is 1. The Morgan fingerprint density at radius 2 is 2.08 bits per heavy atom. The molecule has 0 unspecified atom stereocenters. The van der Waals surface area contributed by atoms with E-state index in [2.05, 4.69) is 0 Å². The molecule has 2 N–H and O–H groups in total. The third-order valence-electron chi connectivity index (χ3n) is 1.24. The molecule has 1 nitrogen and oxygen atoms in total. The number of halogens is 2. The van der Waals surface area contributed by atoms with Crippen LogP contribution in [0.25, 0.3) is 0 Å². The molecule has 1 aromatic rings. The molecule has 0 saturated carbocycles. The van der Waals surface area contributed by atoms with Gasteiger partial charge in [-0.25, -0.2) is 4.39 Å². The summed E-state index contributed by atoms with van der Waals surface area (Å²) in [6.07, 6.45) is 0. The molecule has 0 aliphatic rings. The van der Waals surface area contributed by atoms with E-state index in [-0.39, 0.29) is 5.82 Å². The van der Waals surface area contributed by atoms with Gasteiger partial charge >= 0.3 is 0 Å². The van der Waals surface area contributed by atoms with E-state index in [0.717, 1.165) is 0 Å². The van der Waals surface area contributed by atoms with Gasteiger partial charge in [0, 0.05) is 16.3 Å². The molecule has 0 radical (unpaired) electrons. The molecule has 0 bridgehead atoms. The van der Waals surface area contributed by atoms with Gasteiger partial charge in [-0.1, -0.05) is 0 Å². The fraction of sp³-hybridized carbons (Fsp3) is 0.250. The van der Waals surface area contributed by atoms with Crippen molar-refractivity contribution < 1.29 is 8.78 Å². The highest BCUT2D eigenvalue weighted by atomic mass is 32.2. The Balaban J connectivity index is 2.72. The van der Waals surface area contributed by atoms with Crippen molar-refractivity contribution in [3.63, 3.8) is 0 Å². The number of anilines is 1. The van der Waals surface area contributed by atoms with Gasteiger partial charge in [0.25, 0.3) is 0 Å². The smallest absolute Gasteiger partial charge is 0.126 e. The molecule has 12 heavy (non-hydrogen) atoms. The fourth-order valence-electron chi connectivity index (χ4n) is 0.824. The Hall–Kier alpha value is -0.770. The van der Waals surface area contributed by atoms with Gasteiger partial charge in [0.05, 0.1) is 6.67 Å². The maximum Gasteiger partial charge on any atom is 0.126 e. The van der Waals surface area contributed by atoms with E-state index >= 15 is 0 Å². The van der Waals surface area contributed by atoms with E-state index in [1.807, 2.05) is 0 Å². The van der Waals surface area contributed by atoms with Crippen molar-refractivity contribution in [2.24, 2.45) is 0 Å². The van der Waals surface area contributed by atoms with Crippen LogP contribution >= 0.6 is 11.8 Å². The number of rotatable bonds is 3. The highest BCUT2D eigenvalue weighted by Gasteiger charge is 1.98. The summed E-state index contributed by atoms with van der Waals surface area (Å²) >= 11 is 1.25. The van der Waals surface area contributed by atoms with E-state index in [9.17, 15) is 8.78 Å². The molecule has 66 valence electrons. The van der Waals surface area contributed by atoms with Gasteiger partial charge in [-0.3, -0.25) is 4.39 Å². The van der Waals surface area contributed by atoms with Crippen LogP contribution in [0.2, 0.25) is 0 Å². The lowest BCUT2D eigenvalue weighted by atomic mass is 10.3. The number of hydrogen-bond acceptors (Lipinski definition) is 2. The number of nitrogen functional groups attached to an aromatic ring is 1. The predicted octanol–water partition coefficient (Wildman–Crippen LogP) is 2.47. The van der Waals surface area contributed by atoms with Crippen LogP contribution in [0.3, 0.4) is 0 Å². The maximum absolute atomic E-state index is 12.7. The van der Waals surface area contributed by atoms with Crippen LogP contribution in [0.1, 0.15) is 0 Å². The van der Waals surface area contributed by atoms with Crippen molar-refractivity contribution in [2.45, 2.75) is 4.90 Å². The lowest BCUT2D eigenvalue weighted by Gasteiger charge is -2.00. The Morgan fingerprint density at radius 1 is 1.33 bits per heavy atom. The molecular weight excluding hydrogens is 180 g/mol. The average Bonchev–Trinajstić information content (AvgIpc) is 1.99. The summed E-state index contributed by atoms with van der Waals surface area (Å²) in [6.45, 7) is -0.416. The second kappa shape index (κ2) is 4.30.